The summed E-state index contributed by atoms with van der Waals surface area (Å²) in [4.78, 5) is 15.6. The van der Waals surface area contributed by atoms with Gasteiger partial charge in [-0.1, -0.05) is 17.7 Å². The van der Waals surface area contributed by atoms with Crippen molar-refractivity contribution < 1.29 is 13.6 Å². The second kappa shape index (κ2) is 5.24. The van der Waals surface area contributed by atoms with E-state index >= 15 is 0 Å². The lowest BCUT2D eigenvalue weighted by atomic mass is 9.83. The van der Waals surface area contributed by atoms with Crippen LogP contribution in [0.2, 0.25) is 0 Å². The number of fused-ring (bicyclic) bond motifs is 1. The van der Waals surface area contributed by atoms with Crippen LogP contribution in [0.4, 0.5) is 8.78 Å². The molecule has 0 radical (unpaired) electrons. The Morgan fingerprint density at radius 3 is 2.91 bits per heavy atom. The van der Waals surface area contributed by atoms with Crippen molar-refractivity contribution in [3.05, 3.63) is 35.1 Å². The monoisotopic (exact) mass is 335 g/mol. The van der Waals surface area contributed by atoms with E-state index in [-0.39, 0.29) is 23.1 Å². The van der Waals surface area contributed by atoms with Crippen molar-refractivity contribution in [3.63, 3.8) is 0 Å². The van der Waals surface area contributed by atoms with Gasteiger partial charge in [0.15, 0.2) is 5.17 Å². The number of thioether (sulfide) groups is 1. The fourth-order valence-electron chi connectivity index (χ4n) is 3.43. The number of nitrogens with two attached hydrogens (primary N) is 2. The maximum Gasteiger partial charge on any atom is 0.218 e. The van der Waals surface area contributed by atoms with Gasteiger partial charge in [0, 0.05) is 28.2 Å². The summed E-state index contributed by atoms with van der Waals surface area (Å²) in [6, 6.07) is 4.07. The van der Waals surface area contributed by atoms with Gasteiger partial charge in [0.05, 0.1) is 0 Å². The molecule has 1 fully saturated rings. The maximum absolute atomic E-state index is 14.4. The van der Waals surface area contributed by atoms with Crippen LogP contribution in [0, 0.1) is 24.1 Å². The van der Waals surface area contributed by atoms with Crippen LogP contribution < -0.4 is 11.5 Å². The highest BCUT2D eigenvalue weighted by Gasteiger charge is 2.68. The van der Waals surface area contributed by atoms with E-state index in [1.54, 1.807) is 0 Å². The number of carbonyl (C=O) groups excluding carboxylic acids is 1. The van der Waals surface area contributed by atoms with E-state index in [0.717, 1.165) is 0 Å². The van der Waals surface area contributed by atoms with E-state index in [1.807, 2.05) is 0 Å². The van der Waals surface area contributed by atoms with Crippen LogP contribution in [0.5, 0.6) is 0 Å². The minimum atomic E-state index is -1.46. The Morgan fingerprint density at radius 1 is 1.57 bits per heavy atom. The molecule has 0 unspecified atom stereocenters. The molecule has 120 valence electrons. The van der Waals surface area contributed by atoms with Gasteiger partial charge in [-0.05, 0) is 24.6 Å². The number of amides is 1. The van der Waals surface area contributed by atoms with Gasteiger partial charge in [-0.2, -0.15) is 0 Å². The lowest BCUT2D eigenvalue weighted by Gasteiger charge is -2.35. The lowest BCUT2D eigenvalue weighted by Crippen LogP contribution is -2.41. The van der Waals surface area contributed by atoms with Crippen LogP contribution in [0.25, 0.3) is 0 Å². The number of terminal acetylenes is 1. The minimum Gasteiger partial charge on any atom is -0.378 e. The van der Waals surface area contributed by atoms with Crippen molar-refractivity contribution in [2.24, 2.45) is 22.4 Å². The summed E-state index contributed by atoms with van der Waals surface area (Å²) in [5, 5.41) is 0.128. The molecule has 23 heavy (non-hydrogen) atoms. The Balaban J connectivity index is 2.13. The van der Waals surface area contributed by atoms with E-state index in [4.69, 9.17) is 17.9 Å². The number of carbonyl (C=O) groups is 1. The van der Waals surface area contributed by atoms with Crippen molar-refractivity contribution in [2.45, 2.75) is 23.1 Å². The molecule has 0 spiro atoms. The summed E-state index contributed by atoms with van der Waals surface area (Å²) in [7, 11) is 0. The summed E-state index contributed by atoms with van der Waals surface area (Å²) in [6.45, 7) is -0.926. The smallest absolute Gasteiger partial charge is 0.218 e. The Morgan fingerprint density at radius 2 is 2.30 bits per heavy atom. The molecule has 7 heteroatoms. The number of benzene rings is 1. The molecule has 1 aromatic rings. The highest BCUT2D eigenvalue weighted by molar-refractivity contribution is 8.15. The average Bonchev–Trinajstić information content (AvgIpc) is 3.19. The second-order valence-electron chi connectivity index (χ2n) is 5.91. The number of hydrogen-bond donors (Lipinski definition) is 2. The highest BCUT2D eigenvalue weighted by Crippen LogP contribution is 2.67. The highest BCUT2D eigenvalue weighted by atomic mass is 32.2. The number of nitrogens with zero attached hydrogens (tertiary/aromatic N) is 1. The Bertz CT molecular complexity index is 760. The second-order valence-corrected chi connectivity index (χ2v) is 7.35. The summed E-state index contributed by atoms with van der Waals surface area (Å²) in [5.41, 5.74) is 10.2. The molecule has 1 heterocycles. The average molecular weight is 335 g/mol. The van der Waals surface area contributed by atoms with Crippen molar-refractivity contribution >= 4 is 22.8 Å². The Labute approximate surface area is 136 Å². The quantitative estimate of drug-likeness (QED) is 0.821. The summed E-state index contributed by atoms with van der Waals surface area (Å²) in [6.07, 6.45) is 5.90. The van der Waals surface area contributed by atoms with Crippen LogP contribution in [-0.2, 0) is 10.3 Å². The predicted octanol–water partition coefficient (Wildman–Crippen LogP) is 1.67. The molecule has 1 aliphatic heterocycles. The molecular formula is C16H15F2N3OS. The maximum atomic E-state index is 14.4. The van der Waals surface area contributed by atoms with Gasteiger partial charge in [0.25, 0.3) is 0 Å². The fourth-order valence-corrected chi connectivity index (χ4v) is 4.85. The molecule has 4 nitrogen and oxygen atoms in total. The first-order valence-electron chi connectivity index (χ1n) is 7.02. The van der Waals surface area contributed by atoms with Crippen LogP contribution in [0.15, 0.2) is 23.2 Å². The van der Waals surface area contributed by atoms with Crippen LogP contribution in [-0.4, -0.2) is 22.5 Å². The van der Waals surface area contributed by atoms with Crippen molar-refractivity contribution in [1.82, 2.24) is 0 Å². The van der Waals surface area contributed by atoms with Gasteiger partial charge in [0.1, 0.15) is 18.0 Å². The number of rotatable bonds is 4. The summed E-state index contributed by atoms with van der Waals surface area (Å²) >= 11 is 1.22. The first kappa shape index (κ1) is 15.8. The molecule has 3 atom stereocenters. The number of halogens is 2. The molecule has 0 bridgehead atoms. The van der Waals surface area contributed by atoms with Gasteiger partial charge >= 0.3 is 0 Å². The third-order valence-corrected chi connectivity index (χ3v) is 5.80. The van der Waals surface area contributed by atoms with Crippen LogP contribution in [0.1, 0.15) is 24.0 Å². The third kappa shape index (κ3) is 2.38. The molecule has 4 N–H and O–H groups in total. The van der Waals surface area contributed by atoms with E-state index in [0.29, 0.717) is 12.0 Å². The first-order valence-corrected chi connectivity index (χ1v) is 7.84. The molecule has 1 amide bonds. The lowest BCUT2D eigenvalue weighted by molar-refractivity contribution is -0.118. The Hall–Kier alpha value is -2.07. The zero-order valence-corrected chi connectivity index (χ0v) is 13.0. The molecular weight excluding hydrogens is 320 g/mol. The summed E-state index contributed by atoms with van der Waals surface area (Å²) in [5.74, 6) is 0.962. The molecule has 3 rings (SSSR count). The largest absolute Gasteiger partial charge is 0.378 e. The minimum absolute atomic E-state index is 0.0523. The molecule has 1 aliphatic carbocycles. The number of aliphatic imine (C=N–C) groups is 1. The van der Waals surface area contributed by atoms with Gasteiger partial charge in [-0.15, -0.1) is 6.42 Å². The summed E-state index contributed by atoms with van der Waals surface area (Å²) < 4.78 is 27.9. The van der Waals surface area contributed by atoms with Gasteiger partial charge in [-0.3, -0.25) is 4.79 Å². The topological polar surface area (TPSA) is 81.5 Å². The Kier molecular flexibility index (Phi) is 3.60. The third-order valence-electron chi connectivity index (χ3n) is 4.50. The van der Waals surface area contributed by atoms with Gasteiger partial charge in [0.2, 0.25) is 5.91 Å². The molecule has 1 aromatic carbocycles. The molecule has 0 saturated heterocycles. The molecule has 1 saturated carbocycles. The van der Waals surface area contributed by atoms with Gasteiger partial charge in [-0.25, -0.2) is 13.8 Å². The SMILES string of the molecule is C#Cc1ccc(F)c([C@@]2(CF)N=C(N)S[C@@]3(CC(N)=O)C[C@H]32)c1. The van der Waals surface area contributed by atoms with Crippen molar-refractivity contribution in [2.75, 3.05) is 6.67 Å². The molecule has 0 aromatic heterocycles. The van der Waals surface area contributed by atoms with E-state index in [1.165, 1.54) is 30.0 Å². The first-order chi connectivity index (χ1) is 10.9. The van der Waals surface area contributed by atoms with Crippen LogP contribution in [0.3, 0.4) is 0 Å². The number of hydrogen-bond acceptors (Lipinski definition) is 4. The van der Waals surface area contributed by atoms with E-state index in [9.17, 15) is 13.6 Å². The van der Waals surface area contributed by atoms with Crippen molar-refractivity contribution in [3.8, 4) is 12.3 Å². The normalized spacial score (nSPS) is 31.7. The van der Waals surface area contributed by atoms with Gasteiger partial charge < -0.3 is 11.5 Å². The van der Waals surface area contributed by atoms with Crippen LogP contribution >= 0.6 is 11.8 Å². The fraction of sp³-hybridized carbons (Fsp3) is 0.375. The predicted molar refractivity (Wildman–Crippen MR) is 85.9 cm³/mol. The molecule has 2 aliphatic rings. The van der Waals surface area contributed by atoms with E-state index in [2.05, 4.69) is 10.9 Å². The zero-order valence-electron chi connectivity index (χ0n) is 12.2. The number of amidine groups is 1. The van der Waals surface area contributed by atoms with Crippen molar-refractivity contribution in [1.29, 1.82) is 0 Å². The zero-order chi connectivity index (χ0) is 16.8. The number of alkyl halides is 1. The van der Waals surface area contributed by atoms with E-state index < -0.39 is 28.7 Å². The number of primary amides is 1. The standard InChI is InChI=1S/C16H15F2N3OS/c1-2-9-3-4-11(18)10(5-9)16(8-17)12-6-15(12,7-13(19)22)23-14(20)21-16/h1,3-5,12H,6-8H2,(H2,19,22)(H2,20,21)/t12-,15-,16-/m1/s1.